The summed E-state index contributed by atoms with van der Waals surface area (Å²) in [7, 11) is 0. The number of halogens is 1. The summed E-state index contributed by atoms with van der Waals surface area (Å²) in [6, 6.07) is 14.5. The number of fused-ring (bicyclic) bond motifs is 1. The highest BCUT2D eigenvalue weighted by Gasteiger charge is 2.26. The molecule has 28 heavy (non-hydrogen) atoms. The second-order valence-corrected chi connectivity index (χ2v) is 7.27. The Morgan fingerprint density at radius 2 is 1.71 bits per heavy atom. The predicted molar refractivity (Wildman–Crippen MR) is 109 cm³/mol. The average molecular weight is 391 g/mol. The largest absolute Gasteiger partial charge is 0.311 e. The summed E-state index contributed by atoms with van der Waals surface area (Å²) in [5.41, 5.74) is 3.36. The molecule has 4 aromatic rings. The van der Waals surface area contributed by atoms with Crippen LogP contribution in [0.4, 0.5) is 0 Å². The summed E-state index contributed by atoms with van der Waals surface area (Å²) in [6.07, 6.45) is 3.74. The molecule has 1 saturated carbocycles. The fourth-order valence-electron chi connectivity index (χ4n) is 3.29. The van der Waals surface area contributed by atoms with Gasteiger partial charge in [-0.25, -0.2) is 9.97 Å². The van der Waals surface area contributed by atoms with Gasteiger partial charge < -0.3 is 9.55 Å². The molecular weight excluding hydrogens is 376 g/mol. The van der Waals surface area contributed by atoms with Gasteiger partial charge in [-0.05, 0) is 25.0 Å². The van der Waals surface area contributed by atoms with E-state index < -0.39 is 0 Å². The zero-order valence-electron chi connectivity index (χ0n) is 14.7. The minimum absolute atomic E-state index is 0.159. The first kappa shape index (κ1) is 16.9. The molecule has 0 aliphatic heterocycles. The van der Waals surface area contributed by atoms with Crippen LogP contribution in [0.15, 0.2) is 64.3 Å². The Morgan fingerprint density at radius 1 is 0.964 bits per heavy atom. The molecule has 1 aliphatic carbocycles. The van der Waals surface area contributed by atoms with Crippen LogP contribution in [0.3, 0.4) is 0 Å². The summed E-state index contributed by atoms with van der Waals surface area (Å²) >= 11 is 6.25. The Bertz CT molecular complexity index is 1320. The molecule has 0 bridgehead atoms. The van der Waals surface area contributed by atoms with E-state index in [0.29, 0.717) is 22.6 Å². The van der Waals surface area contributed by atoms with Gasteiger partial charge >= 0.3 is 0 Å². The van der Waals surface area contributed by atoms with E-state index in [-0.39, 0.29) is 22.2 Å². The first-order valence-electron chi connectivity index (χ1n) is 8.99. The lowest BCUT2D eigenvalue weighted by atomic mass is 10.0. The lowest BCUT2D eigenvalue weighted by Crippen LogP contribution is -2.19. The molecule has 3 heterocycles. The van der Waals surface area contributed by atoms with Gasteiger partial charge in [0.2, 0.25) is 5.56 Å². The number of aromatic nitrogens is 4. The summed E-state index contributed by atoms with van der Waals surface area (Å²) < 4.78 is 1.69. The standard InChI is InChI=1S/C21H15ClN4O2/c22-15-10-13(11-26(21(15)28)14-6-7-14)19-18(12-4-2-1-3-5-12)25-20-16(23-19)8-9-17(27)24-20/h1-5,8-11,14H,6-7H2,(H,24,25,27). The molecule has 1 N–H and O–H groups in total. The fourth-order valence-corrected chi connectivity index (χ4v) is 3.50. The van der Waals surface area contributed by atoms with Gasteiger partial charge in [0, 0.05) is 29.4 Å². The van der Waals surface area contributed by atoms with Gasteiger partial charge in [-0.2, -0.15) is 0 Å². The van der Waals surface area contributed by atoms with Gasteiger partial charge in [-0.3, -0.25) is 9.59 Å². The Morgan fingerprint density at radius 3 is 2.46 bits per heavy atom. The molecule has 0 amide bonds. The molecule has 5 rings (SSSR count). The Balaban J connectivity index is 1.82. The number of nitrogens with zero attached hydrogens (tertiary/aromatic N) is 3. The number of nitrogens with one attached hydrogen (secondary N) is 1. The first-order valence-corrected chi connectivity index (χ1v) is 9.36. The number of aromatic amines is 1. The fraction of sp³-hybridized carbons (Fsp3) is 0.143. The van der Waals surface area contributed by atoms with Crippen LogP contribution in [0.2, 0.25) is 5.02 Å². The Hall–Kier alpha value is -3.25. The molecule has 1 fully saturated rings. The molecule has 7 heteroatoms. The van der Waals surface area contributed by atoms with Crippen LogP contribution in [-0.2, 0) is 0 Å². The van der Waals surface area contributed by atoms with Crippen LogP contribution in [0.25, 0.3) is 33.7 Å². The van der Waals surface area contributed by atoms with Crippen LogP contribution in [0, 0.1) is 0 Å². The number of benzene rings is 1. The Kier molecular flexibility index (Phi) is 3.87. The van der Waals surface area contributed by atoms with Gasteiger partial charge in [0.05, 0.1) is 11.4 Å². The third-order valence-electron chi connectivity index (χ3n) is 4.82. The van der Waals surface area contributed by atoms with Crippen molar-refractivity contribution in [2.75, 3.05) is 0 Å². The third-order valence-corrected chi connectivity index (χ3v) is 5.09. The second kappa shape index (κ2) is 6.42. The SMILES string of the molecule is O=c1ccc2nc(-c3cc(Cl)c(=O)n(C4CC4)c3)c(-c3ccccc3)nc2[nH]1. The van der Waals surface area contributed by atoms with Crippen molar-refractivity contribution in [3.8, 4) is 22.5 Å². The van der Waals surface area contributed by atoms with E-state index >= 15 is 0 Å². The van der Waals surface area contributed by atoms with E-state index in [1.54, 1.807) is 22.9 Å². The van der Waals surface area contributed by atoms with Gasteiger partial charge in [-0.1, -0.05) is 41.9 Å². The topological polar surface area (TPSA) is 80.6 Å². The van der Waals surface area contributed by atoms with E-state index in [1.807, 2.05) is 30.3 Å². The smallest absolute Gasteiger partial charge is 0.269 e. The van der Waals surface area contributed by atoms with E-state index in [2.05, 4.69) is 9.97 Å². The maximum atomic E-state index is 12.4. The minimum atomic E-state index is -0.237. The quantitative estimate of drug-likeness (QED) is 0.577. The molecular formula is C21H15ClN4O2. The summed E-state index contributed by atoms with van der Waals surface area (Å²) in [6.45, 7) is 0. The van der Waals surface area contributed by atoms with E-state index in [0.717, 1.165) is 24.0 Å². The second-order valence-electron chi connectivity index (χ2n) is 6.86. The van der Waals surface area contributed by atoms with E-state index in [9.17, 15) is 9.59 Å². The maximum Gasteiger partial charge on any atom is 0.269 e. The van der Waals surface area contributed by atoms with Crippen LogP contribution < -0.4 is 11.1 Å². The molecule has 0 atom stereocenters. The van der Waals surface area contributed by atoms with Crippen LogP contribution in [-0.4, -0.2) is 19.5 Å². The van der Waals surface area contributed by atoms with Crippen LogP contribution in [0.5, 0.6) is 0 Å². The number of H-pyrrole nitrogens is 1. The zero-order chi connectivity index (χ0) is 19.3. The van der Waals surface area contributed by atoms with Crippen molar-refractivity contribution in [2.24, 2.45) is 0 Å². The first-order chi connectivity index (χ1) is 13.6. The molecule has 6 nitrogen and oxygen atoms in total. The highest BCUT2D eigenvalue weighted by molar-refractivity contribution is 6.30. The zero-order valence-corrected chi connectivity index (χ0v) is 15.5. The van der Waals surface area contributed by atoms with Crippen molar-refractivity contribution >= 4 is 22.8 Å². The molecule has 0 spiro atoms. The van der Waals surface area contributed by atoms with E-state index in [4.69, 9.17) is 16.6 Å². The lowest BCUT2D eigenvalue weighted by molar-refractivity contribution is 0.708. The summed E-state index contributed by atoms with van der Waals surface area (Å²) in [5.74, 6) is 0. The number of rotatable bonds is 3. The van der Waals surface area contributed by atoms with Crippen molar-refractivity contribution in [3.63, 3.8) is 0 Å². The van der Waals surface area contributed by atoms with Gasteiger partial charge in [0.25, 0.3) is 5.56 Å². The normalized spacial score (nSPS) is 13.8. The summed E-state index contributed by atoms with van der Waals surface area (Å²) in [4.78, 5) is 36.3. The Labute approximate surface area is 164 Å². The number of hydrogen-bond donors (Lipinski definition) is 1. The summed E-state index contributed by atoms with van der Waals surface area (Å²) in [5, 5.41) is 0.159. The predicted octanol–water partition coefficient (Wildman–Crippen LogP) is 3.80. The molecule has 138 valence electrons. The molecule has 0 saturated heterocycles. The highest BCUT2D eigenvalue weighted by atomic mass is 35.5. The molecule has 3 aromatic heterocycles. The van der Waals surface area contributed by atoms with E-state index in [1.165, 1.54) is 6.07 Å². The molecule has 0 radical (unpaired) electrons. The van der Waals surface area contributed by atoms with Gasteiger partial charge in [0.15, 0.2) is 5.65 Å². The maximum absolute atomic E-state index is 12.4. The molecule has 1 aromatic carbocycles. The average Bonchev–Trinajstić information content (AvgIpc) is 3.55. The number of pyridine rings is 2. The lowest BCUT2D eigenvalue weighted by Gasteiger charge is -2.12. The number of hydrogen-bond acceptors (Lipinski definition) is 4. The van der Waals surface area contributed by atoms with Crippen molar-refractivity contribution in [1.29, 1.82) is 0 Å². The van der Waals surface area contributed by atoms with Crippen molar-refractivity contribution < 1.29 is 0 Å². The van der Waals surface area contributed by atoms with Gasteiger partial charge in [0.1, 0.15) is 10.5 Å². The molecule has 1 aliphatic rings. The van der Waals surface area contributed by atoms with Gasteiger partial charge in [-0.15, -0.1) is 0 Å². The van der Waals surface area contributed by atoms with Crippen LogP contribution in [0.1, 0.15) is 18.9 Å². The highest BCUT2D eigenvalue weighted by Crippen LogP contribution is 2.36. The van der Waals surface area contributed by atoms with Crippen molar-refractivity contribution in [1.82, 2.24) is 19.5 Å². The minimum Gasteiger partial charge on any atom is -0.311 e. The molecule has 0 unspecified atom stereocenters. The monoisotopic (exact) mass is 390 g/mol. The van der Waals surface area contributed by atoms with Crippen molar-refractivity contribution in [3.05, 3.63) is 80.5 Å². The van der Waals surface area contributed by atoms with Crippen molar-refractivity contribution in [2.45, 2.75) is 18.9 Å². The third kappa shape index (κ3) is 2.92. The van der Waals surface area contributed by atoms with Crippen LogP contribution >= 0.6 is 11.6 Å².